The summed E-state index contributed by atoms with van der Waals surface area (Å²) in [6.45, 7) is 0. The molecule has 0 saturated heterocycles. The molecule has 0 spiro atoms. The van der Waals surface area contributed by atoms with Crippen molar-refractivity contribution in [1.29, 1.82) is 0 Å². The minimum atomic E-state index is -4.18. The molecule has 15 heavy (non-hydrogen) atoms. The summed E-state index contributed by atoms with van der Waals surface area (Å²) in [4.78, 5) is 10.00. The molecule has 4 heteroatoms. The van der Waals surface area contributed by atoms with E-state index in [1.165, 1.54) is 24.3 Å². The highest BCUT2D eigenvalue weighted by atomic mass is 19.4. The van der Waals surface area contributed by atoms with Crippen LogP contribution in [0.1, 0.15) is 11.1 Å². The Bertz CT molecular complexity index is 349. The van der Waals surface area contributed by atoms with Gasteiger partial charge in [-0.25, -0.2) is 0 Å². The normalized spacial score (nSPS) is 11.9. The van der Waals surface area contributed by atoms with Crippen molar-refractivity contribution in [3.05, 3.63) is 41.5 Å². The van der Waals surface area contributed by atoms with Gasteiger partial charge < -0.3 is 0 Å². The number of carbonyl (C=O) groups excluding carboxylic acids is 1. The number of hydrogen-bond acceptors (Lipinski definition) is 1. The van der Waals surface area contributed by atoms with Gasteiger partial charge in [-0.2, -0.15) is 13.2 Å². The van der Waals surface area contributed by atoms with E-state index in [0.717, 1.165) is 0 Å². The molecule has 0 aliphatic heterocycles. The first-order valence-corrected chi connectivity index (χ1v) is 4.29. The molecular formula is C11H9F3O. The van der Waals surface area contributed by atoms with Gasteiger partial charge in [0, 0.05) is 0 Å². The van der Waals surface area contributed by atoms with Crippen molar-refractivity contribution in [2.75, 3.05) is 0 Å². The standard InChI is InChI=1S/C11H9F3O/c12-11(13,14)8-10-5-3-9(4-6-10)2-1-7-15/h1-7H,8H2. The van der Waals surface area contributed by atoms with Crippen molar-refractivity contribution in [3.63, 3.8) is 0 Å². The summed E-state index contributed by atoms with van der Waals surface area (Å²) in [5.41, 5.74) is 0.916. The second-order valence-corrected chi connectivity index (χ2v) is 3.03. The van der Waals surface area contributed by atoms with E-state index in [9.17, 15) is 18.0 Å². The summed E-state index contributed by atoms with van der Waals surface area (Å²) >= 11 is 0. The highest BCUT2D eigenvalue weighted by molar-refractivity contribution is 5.73. The van der Waals surface area contributed by atoms with Gasteiger partial charge in [-0.05, 0) is 17.2 Å². The molecule has 1 nitrogen and oxygen atoms in total. The van der Waals surface area contributed by atoms with E-state index >= 15 is 0 Å². The average molecular weight is 214 g/mol. The first-order chi connectivity index (χ1) is 7.01. The van der Waals surface area contributed by atoms with Gasteiger partial charge in [0.2, 0.25) is 0 Å². The highest BCUT2D eigenvalue weighted by Crippen LogP contribution is 2.21. The Morgan fingerprint density at radius 1 is 1.13 bits per heavy atom. The van der Waals surface area contributed by atoms with E-state index in [-0.39, 0.29) is 5.56 Å². The zero-order chi connectivity index (χ0) is 11.3. The monoisotopic (exact) mass is 214 g/mol. The van der Waals surface area contributed by atoms with Crippen LogP contribution < -0.4 is 0 Å². The zero-order valence-corrected chi connectivity index (χ0v) is 7.79. The Morgan fingerprint density at radius 2 is 1.73 bits per heavy atom. The van der Waals surface area contributed by atoms with E-state index in [1.807, 2.05) is 0 Å². The molecule has 0 unspecified atom stereocenters. The summed E-state index contributed by atoms with van der Waals surface area (Å²) in [6.07, 6.45) is -1.67. The van der Waals surface area contributed by atoms with Crippen molar-refractivity contribution in [1.82, 2.24) is 0 Å². The molecule has 0 bridgehead atoms. The molecule has 0 radical (unpaired) electrons. The molecule has 0 N–H and O–H groups in total. The molecule has 0 heterocycles. The third kappa shape index (κ3) is 4.44. The summed E-state index contributed by atoms with van der Waals surface area (Å²) < 4.78 is 36.0. The second-order valence-electron chi connectivity index (χ2n) is 3.03. The van der Waals surface area contributed by atoms with Gasteiger partial charge in [0.05, 0.1) is 6.42 Å². The molecule has 0 aromatic heterocycles. The van der Waals surface area contributed by atoms with Gasteiger partial charge >= 0.3 is 6.18 Å². The molecule has 1 rings (SSSR count). The van der Waals surface area contributed by atoms with E-state index in [1.54, 1.807) is 12.1 Å². The maximum atomic E-state index is 12.0. The van der Waals surface area contributed by atoms with Crippen LogP contribution >= 0.6 is 0 Å². The summed E-state index contributed by atoms with van der Waals surface area (Å²) in [6, 6.07) is 5.89. The van der Waals surface area contributed by atoms with Crippen molar-refractivity contribution in [3.8, 4) is 0 Å². The highest BCUT2D eigenvalue weighted by Gasteiger charge is 2.27. The molecule has 0 saturated carbocycles. The SMILES string of the molecule is O=CC=Cc1ccc(CC(F)(F)F)cc1. The number of alkyl halides is 3. The van der Waals surface area contributed by atoms with Gasteiger partial charge in [0.1, 0.15) is 6.29 Å². The van der Waals surface area contributed by atoms with Crippen LogP contribution in [0.5, 0.6) is 0 Å². The quantitative estimate of drug-likeness (QED) is 0.558. The van der Waals surface area contributed by atoms with Crippen LogP contribution in [-0.2, 0) is 11.2 Å². The maximum Gasteiger partial charge on any atom is 0.393 e. The lowest BCUT2D eigenvalue weighted by atomic mass is 10.1. The number of rotatable bonds is 3. The number of aldehydes is 1. The van der Waals surface area contributed by atoms with Crippen molar-refractivity contribution >= 4 is 12.4 Å². The van der Waals surface area contributed by atoms with Crippen LogP contribution in [0, 0.1) is 0 Å². The zero-order valence-electron chi connectivity index (χ0n) is 7.79. The predicted octanol–water partition coefficient (Wildman–Crippen LogP) is 3.00. The van der Waals surface area contributed by atoms with Crippen molar-refractivity contribution < 1.29 is 18.0 Å². The number of halogens is 3. The van der Waals surface area contributed by atoms with Gasteiger partial charge in [0.15, 0.2) is 0 Å². The molecule has 0 atom stereocenters. The smallest absolute Gasteiger partial charge is 0.299 e. The van der Waals surface area contributed by atoms with E-state index in [4.69, 9.17) is 0 Å². The number of hydrogen-bond donors (Lipinski definition) is 0. The molecule has 0 aliphatic rings. The van der Waals surface area contributed by atoms with Crippen LogP contribution in [0.2, 0.25) is 0 Å². The average Bonchev–Trinajstić information content (AvgIpc) is 2.14. The summed E-state index contributed by atoms with van der Waals surface area (Å²) in [5, 5.41) is 0. The van der Waals surface area contributed by atoms with Crippen LogP contribution in [0.25, 0.3) is 6.08 Å². The minimum Gasteiger partial charge on any atom is -0.299 e. The predicted molar refractivity (Wildman–Crippen MR) is 51.3 cm³/mol. The summed E-state index contributed by atoms with van der Waals surface area (Å²) in [5.74, 6) is 0. The van der Waals surface area contributed by atoms with Crippen LogP contribution in [-0.4, -0.2) is 12.5 Å². The Hall–Kier alpha value is -1.58. The summed E-state index contributed by atoms with van der Waals surface area (Å²) in [7, 11) is 0. The Kier molecular flexibility index (Phi) is 3.66. The molecule has 1 aromatic carbocycles. The Morgan fingerprint density at radius 3 is 2.20 bits per heavy atom. The molecule has 0 fully saturated rings. The van der Waals surface area contributed by atoms with Gasteiger partial charge in [-0.3, -0.25) is 4.79 Å². The fourth-order valence-electron chi connectivity index (χ4n) is 1.13. The largest absolute Gasteiger partial charge is 0.393 e. The van der Waals surface area contributed by atoms with Gasteiger partial charge in [-0.15, -0.1) is 0 Å². The lowest BCUT2D eigenvalue weighted by Crippen LogP contribution is -2.11. The number of allylic oxidation sites excluding steroid dienone is 1. The van der Waals surface area contributed by atoms with Crippen LogP contribution in [0.3, 0.4) is 0 Å². The molecule has 0 aliphatic carbocycles. The Labute approximate surface area is 85.2 Å². The lowest BCUT2D eigenvalue weighted by molar-refractivity contribution is -0.127. The van der Waals surface area contributed by atoms with Gasteiger partial charge in [0.25, 0.3) is 0 Å². The van der Waals surface area contributed by atoms with Crippen molar-refractivity contribution in [2.24, 2.45) is 0 Å². The van der Waals surface area contributed by atoms with Crippen molar-refractivity contribution in [2.45, 2.75) is 12.6 Å². The molecule has 1 aromatic rings. The van der Waals surface area contributed by atoms with E-state index in [0.29, 0.717) is 11.8 Å². The first kappa shape index (κ1) is 11.5. The first-order valence-electron chi connectivity index (χ1n) is 4.29. The third-order valence-electron chi connectivity index (χ3n) is 1.75. The van der Waals surface area contributed by atoms with Gasteiger partial charge in [-0.1, -0.05) is 30.3 Å². The third-order valence-corrected chi connectivity index (χ3v) is 1.75. The lowest BCUT2D eigenvalue weighted by Gasteiger charge is -2.05. The molecule has 0 amide bonds. The van der Waals surface area contributed by atoms with E-state index in [2.05, 4.69) is 0 Å². The maximum absolute atomic E-state index is 12.0. The Balaban J connectivity index is 2.72. The minimum absolute atomic E-state index is 0.214. The van der Waals surface area contributed by atoms with E-state index < -0.39 is 12.6 Å². The fraction of sp³-hybridized carbons (Fsp3) is 0.182. The molecule has 80 valence electrons. The second kappa shape index (κ2) is 4.77. The number of benzene rings is 1. The fourth-order valence-corrected chi connectivity index (χ4v) is 1.13. The van der Waals surface area contributed by atoms with Crippen LogP contribution in [0.4, 0.5) is 13.2 Å². The van der Waals surface area contributed by atoms with Crippen LogP contribution in [0.15, 0.2) is 30.3 Å². The number of carbonyl (C=O) groups is 1. The topological polar surface area (TPSA) is 17.1 Å². The molecular weight excluding hydrogens is 205 g/mol.